The Morgan fingerprint density at radius 3 is 0.968 bits per heavy atom. The number of nitrogens with zero attached hydrogens (tertiary/aromatic N) is 7. The summed E-state index contributed by atoms with van der Waals surface area (Å²) >= 11 is 0. The number of hydrogen-bond acceptors (Lipinski definition) is 19. The van der Waals surface area contributed by atoms with E-state index in [0.717, 1.165) is 61.9 Å². The minimum atomic E-state index is -3.41. The van der Waals surface area contributed by atoms with Crippen LogP contribution >= 0.6 is 0 Å². The summed E-state index contributed by atoms with van der Waals surface area (Å²) in [5.74, 6) is -0.565. The molecule has 0 aromatic heterocycles. The van der Waals surface area contributed by atoms with Crippen LogP contribution in [0.4, 0.5) is 0 Å². The van der Waals surface area contributed by atoms with Gasteiger partial charge in [0, 0.05) is 99.6 Å². The summed E-state index contributed by atoms with van der Waals surface area (Å²) in [4.78, 5) is 150. The highest BCUT2D eigenvalue weighted by molar-refractivity contribution is 7.91. The van der Waals surface area contributed by atoms with Crippen LogP contribution in [0, 0.1) is 27.1 Å². The van der Waals surface area contributed by atoms with Crippen molar-refractivity contribution >= 4 is 81.8 Å². The molecule has 0 unspecified atom stereocenters. The molecule has 8 atom stereocenters. The van der Waals surface area contributed by atoms with Gasteiger partial charge in [-0.05, 0) is 80.1 Å². The second-order valence-corrected chi connectivity index (χ2v) is 35.1. The van der Waals surface area contributed by atoms with Crippen LogP contribution in [0.15, 0.2) is 0 Å². The number of ether oxygens (including phenoxy) is 4. The fraction of sp³-hybridized carbons (Fsp3) is 0.824. The average molecular weight is 1370 g/mol. The van der Waals surface area contributed by atoms with E-state index in [0.29, 0.717) is 71.4 Å². The number of esters is 2. The van der Waals surface area contributed by atoms with Crippen molar-refractivity contribution in [3.8, 4) is 0 Å². The summed E-state index contributed by atoms with van der Waals surface area (Å²) in [7, 11) is -0.112. The van der Waals surface area contributed by atoms with E-state index in [1.165, 1.54) is 9.96 Å². The third kappa shape index (κ3) is 23.4. The van der Waals surface area contributed by atoms with Crippen LogP contribution in [-0.2, 0) is 91.3 Å². The van der Waals surface area contributed by atoms with E-state index >= 15 is 0 Å². The number of hydrogen-bond donors (Lipinski definition) is 0. The maximum absolute atomic E-state index is 12.1. The summed E-state index contributed by atoms with van der Waals surface area (Å²) in [6.07, 6.45) is 9.41. The number of morpholine rings is 2. The van der Waals surface area contributed by atoms with Gasteiger partial charge in [-0.25, -0.2) is 27.4 Å². The van der Waals surface area contributed by atoms with Crippen molar-refractivity contribution in [1.82, 2.24) is 33.9 Å². The number of imide groups is 1. The summed E-state index contributed by atoms with van der Waals surface area (Å²) in [6, 6.07) is -1.32. The molecule has 95 heavy (non-hydrogen) atoms. The molecule has 0 saturated carbocycles. The molecule has 0 aromatic carbocycles. The molecule has 11 aliphatic heterocycles. The van der Waals surface area contributed by atoms with Gasteiger partial charge in [0.15, 0.2) is 0 Å². The van der Waals surface area contributed by atoms with Crippen LogP contribution < -0.4 is 0 Å². The third-order valence-corrected chi connectivity index (χ3v) is 19.3. The van der Waals surface area contributed by atoms with Crippen LogP contribution in [-0.4, -0.2) is 233 Å². The van der Waals surface area contributed by atoms with Gasteiger partial charge >= 0.3 is 11.9 Å². The van der Waals surface area contributed by atoms with Crippen LogP contribution in [0.3, 0.4) is 0 Å². The SMILES string of the molecule is CC(C)(C)C(=O)N1CCC1=O.CC(C)(C)C(=O)N1C[C@@H]2CC[C@H]1C(=O)O2.CC(C)(C)C(=O)N1C[C@H]2CC[C@@H]1C(=O)O2.CC(C)(C)ON1CCC1=O.CC(C)(C)S(=O)(=O)N1CCC1=O.CO[C@@H]1CCN(C(=O)C(C)(C)C)[C@H](C=O)C1.CO[C@H]1CCN(C(=O)C(C)(C)C)[C@@H](C=O)C1. The van der Waals surface area contributed by atoms with Crippen molar-refractivity contribution in [3.63, 3.8) is 0 Å². The second kappa shape index (κ2) is 33.1. The first-order valence-electron chi connectivity index (χ1n) is 33.3. The van der Waals surface area contributed by atoms with Crippen molar-refractivity contribution in [2.45, 2.75) is 275 Å². The average Bonchev–Trinajstić information content (AvgIpc) is 0.792. The van der Waals surface area contributed by atoms with Gasteiger partial charge in [0.25, 0.3) is 0 Å². The Morgan fingerprint density at radius 1 is 0.442 bits per heavy atom. The molecule has 0 aliphatic carbocycles. The number of sulfonamides is 1. The summed E-state index contributed by atoms with van der Waals surface area (Å²) in [6.45, 7) is 42.6. The van der Waals surface area contributed by atoms with E-state index < -0.39 is 41.8 Å². The minimum absolute atomic E-state index is 0.0371. The number of likely N-dealkylation sites (tertiary alicyclic amines) is 3. The van der Waals surface area contributed by atoms with Crippen molar-refractivity contribution in [2.24, 2.45) is 27.1 Å². The van der Waals surface area contributed by atoms with Gasteiger partial charge < -0.3 is 48.1 Å². The van der Waals surface area contributed by atoms with Crippen molar-refractivity contribution in [3.05, 3.63) is 0 Å². The smallest absolute Gasteiger partial charge is 0.329 e. The monoisotopic (exact) mass is 1370 g/mol. The predicted molar refractivity (Wildman–Crippen MR) is 353 cm³/mol. The maximum atomic E-state index is 12.1. The van der Waals surface area contributed by atoms with Crippen LogP contribution in [0.1, 0.15) is 216 Å². The highest BCUT2D eigenvalue weighted by atomic mass is 32.2. The van der Waals surface area contributed by atoms with Crippen LogP contribution in [0.2, 0.25) is 0 Å². The lowest BCUT2D eigenvalue weighted by Crippen LogP contribution is -2.61. The van der Waals surface area contributed by atoms with E-state index in [-0.39, 0.29) is 113 Å². The number of rotatable bonds is 6. The number of carbonyl (C=O) groups excluding carboxylic acids is 12. The number of methoxy groups -OCH3 is 2. The molecule has 11 heterocycles. The number of aldehydes is 2. The van der Waals surface area contributed by atoms with Gasteiger partial charge in [-0.3, -0.25) is 48.1 Å². The summed E-state index contributed by atoms with van der Waals surface area (Å²) < 4.78 is 44.0. The Labute approximate surface area is 565 Å². The number of amides is 8. The Bertz CT molecular complexity index is 2750. The van der Waals surface area contributed by atoms with Gasteiger partial charge in [0.1, 0.15) is 36.9 Å². The largest absolute Gasteiger partial charge is 0.459 e. The molecular weight excluding hydrogens is 1250 g/mol. The van der Waals surface area contributed by atoms with E-state index in [2.05, 4.69) is 0 Å². The Hall–Kier alpha value is -5.93. The number of fused-ring (bicyclic) bond motifs is 6. The van der Waals surface area contributed by atoms with E-state index in [1.54, 1.807) is 54.6 Å². The molecule has 11 fully saturated rings. The molecule has 11 rings (SSSR count). The topological polar surface area (TPSA) is 308 Å². The first-order valence-corrected chi connectivity index (χ1v) is 34.7. The minimum Gasteiger partial charge on any atom is -0.459 e. The number of carbonyl (C=O) groups is 12. The molecule has 8 amide bonds. The summed E-state index contributed by atoms with van der Waals surface area (Å²) in [5.41, 5.74) is -2.36. The van der Waals surface area contributed by atoms with Crippen molar-refractivity contribution in [2.75, 3.05) is 60.0 Å². The highest BCUT2D eigenvalue weighted by Gasteiger charge is 2.48. The Morgan fingerprint density at radius 2 is 0.789 bits per heavy atom. The van der Waals surface area contributed by atoms with Gasteiger partial charge in [-0.1, -0.05) is 104 Å². The van der Waals surface area contributed by atoms with Gasteiger partial charge in [-0.15, -0.1) is 0 Å². The molecule has 0 N–H and O–H groups in total. The normalized spacial score (nSPS) is 25.1. The van der Waals surface area contributed by atoms with E-state index in [4.69, 9.17) is 23.8 Å². The molecule has 11 aliphatic rings. The molecule has 0 radical (unpaired) electrons. The van der Waals surface area contributed by atoms with Gasteiger partial charge in [0.05, 0.1) is 54.3 Å². The molecule has 0 aromatic rings. The molecular formula is C68H115N7O19S. The van der Waals surface area contributed by atoms with E-state index in [9.17, 15) is 66.0 Å². The molecule has 11 saturated heterocycles. The quantitative estimate of drug-likeness (QED) is 0.156. The fourth-order valence-corrected chi connectivity index (χ4v) is 12.2. The first kappa shape index (κ1) is 83.3. The maximum Gasteiger partial charge on any atom is 0.329 e. The lowest BCUT2D eigenvalue weighted by molar-refractivity contribution is -0.246. The third-order valence-electron chi connectivity index (χ3n) is 16.8. The lowest BCUT2D eigenvalue weighted by Gasteiger charge is -2.45. The zero-order chi connectivity index (χ0) is 73.1. The standard InChI is InChI=1S/2C12H21NO3.2C11H17NO3.C8H13NO2.C7H13NO3S.C7H13NO2/c2*1-12(2,3)11(15)13-6-5-10(16-4)7-9(13)8-14;2*1-11(2,3)10(14)12-6-7-4-5-8(12)9(13)15-7;1-8(2,3)7(11)9-5-4-6(9)10;1-7(2,3)12(10,11)8-5-4-6(8)9;1-7(2,3)10-8-5-4-6(8)9/h2*8-10H,5-7H2,1-4H3;2*7-8H,4-6H2,1-3H3;4-5H2,1-3H3;4-5H2,1-3H3;4-5H2,1-3H3/t2*9-,10+;2*7-,8-;;;/m1010.../s1. The predicted octanol–water partition coefficient (Wildman–Crippen LogP) is 6.46. The molecule has 4 bridgehead atoms. The lowest BCUT2D eigenvalue weighted by atomic mass is 9.89. The van der Waals surface area contributed by atoms with Crippen LogP contribution in [0.5, 0.6) is 0 Å². The van der Waals surface area contributed by atoms with Gasteiger partial charge in [0.2, 0.25) is 57.3 Å². The van der Waals surface area contributed by atoms with Gasteiger partial charge in [-0.2, -0.15) is 0 Å². The number of β-lactam (4-membered cyclic amide) rings is 3. The number of hydroxylamine groups is 2. The molecule has 26 nitrogen and oxygen atoms in total. The fourth-order valence-electron chi connectivity index (χ4n) is 10.9. The molecule has 27 heteroatoms. The summed E-state index contributed by atoms with van der Waals surface area (Å²) in [5, 5.41) is 1.42. The molecule has 542 valence electrons. The Balaban J connectivity index is 0.000000291. The first-order chi connectivity index (χ1) is 43.3. The Kier molecular flexibility index (Phi) is 29.0. The zero-order valence-electron chi connectivity index (χ0n) is 61.3. The zero-order valence-corrected chi connectivity index (χ0v) is 62.1. The highest BCUT2D eigenvalue weighted by Crippen LogP contribution is 2.34. The van der Waals surface area contributed by atoms with Crippen LogP contribution in [0.25, 0.3) is 0 Å². The van der Waals surface area contributed by atoms with Crippen molar-refractivity contribution < 1.29 is 89.7 Å². The second-order valence-electron chi connectivity index (χ2n) is 32.5. The number of piperidine rings is 4. The molecule has 0 spiro atoms. The van der Waals surface area contributed by atoms with E-state index in [1.807, 2.05) is 125 Å². The van der Waals surface area contributed by atoms with Crippen molar-refractivity contribution in [1.29, 1.82) is 0 Å².